The topological polar surface area (TPSA) is 66.9 Å². The van der Waals surface area contributed by atoms with Crippen LogP contribution < -0.4 is 4.74 Å². The van der Waals surface area contributed by atoms with Crippen LogP contribution in [-0.4, -0.2) is 53.1 Å². The predicted octanol–water partition coefficient (Wildman–Crippen LogP) is 3.55. The van der Waals surface area contributed by atoms with Gasteiger partial charge < -0.3 is 9.64 Å². The lowest BCUT2D eigenvalue weighted by Crippen LogP contribution is -2.45. The third-order valence-electron chi connectivity index (χ3n) is 4.87. The standard InChI is InChI=1S/C21H24N2O4S/c1-3-12-27-17-7-5-4-6-16(17)13-18-20(25)23(21(26)28-18)14-19(24)22-10-8-15(2)9-11-22/h3-7,13,15H,1,8-12,14H2,2H3/b18-13-. The van der Waals surface area contributed by atoms with Crippen LogP contribution in [0.3, 0.4) is 0 Å². The van der Waals surface area contributed by atoms with Crippen LogP contribution in [0, 0.1) is 5.92 Å². The summed E-state index contributed by atoms with van der Waals surface area (Å²) >= 11 is 0.850. The van der Waals surface area contributed by atoms with Crippen LogP contribution in [0.1, 0.15) is 25.3 Å². The lowest BCUT2D eigenvalue weighted by atomic mass is 9.99. The van der Waals surface area contributed by atoms with Crippen molar-refractivity contribution in [3.63, 3.8) is 0 Å². The molecule has 2 saturated heterocycles. The molecule has 148 valence electrons. The minimum atomic E-state index is -0.438. The Hall–Kier alpha value is -2.54. The summed E-state index contributed by atoms with van der Waals surface area (Å²) in [5.74, 6) is 0.595. The van der Waals surface area contributed by atoms with Crippen molar-refractivity contribution in [2.45, 2.75) is 19.8 Å². The Bertz CT molecular complexity index is 812. The Morgan fingerprint density at radius 1 is 1.29 bits per heavy atom. The van der Waals surface area contributed by atoms with E-state index in [9.17, 15) is 14.4 Å². The van der Waals surface area contributed by atoms with E-state index in [1.165, 1.54) is 0 Å². The molecular formula is C21H24N2O4S. The number of carbonyl (C=O) groups excluding carboxylic acids is 3. The average Bonchev–Trinajstić information content (AvgIpc) is 2.95. The number of amides is 3. The van der Waals surface area contributed by atoms with Gasteiger partial charge in [-0.2, -0.15) is 0 Å². The van der Waals surface area contributed by atoms with Crippen molar-refractivity contribution in [3.05, 3.63) is 47.4 Å². The molecule has 1 aromatic carbocycles. The highest BCUT2D eigenvalue weighted by atomic mass is 32.2. The van der Waals surface area contributed by atoms with E-state index in [2.05, 4.69) is 13.5 Å². The third-order valence-corrected chi connectivity index (χ3v) is 5.77. The fraction of sp³-hybridized carbons (Fsp3) is 0.381. The maximum Gasteiger partial charge on any atom is 0.294 e. The number of carbonyl (C=O) groups is 3. The Kier molecular flexibility index (Phi) is 6.57. The molecule has 6 nitrogen and oxygen atoms in total. The van der Waals surface area contributed by atoms with Gasteiger partial charge in [0.1, 0.15) is 18.9 Å². The van der Waals surface area contributed by atoms with E-state index < -0.39 is 11.1 Å². The number of hydrogen-bond donors (Lipinski definition) is 0. The molecule has 3 rings (SSSR count). The van der Waals surface area contributed by atoms with E-state index in [0.717, 1.165) is 29.5 Å². The summed E-state index contributed by atoms with van der Waals surface area (Å²) in [6.45, 7) is 7.29. The van der Waals surface area contributed by atoms with E-state index in [1.807, 2.05) is 18.2 Å². The average molecular weight is 401 g/mol. The van der Waals surface area contributed by atoms with Gasteiger partial charge in [0, 0.05) is 18.7 Å². The second-order valence-corrected chi connectivity index (χ2v) is 7.96. The molecule has 3 amide bonds. The van der Waals surface area contributed by atoms with Gasteiger partial charge >= 0.3 is 0 Å². The van der Waals surface area contributed by atoms with Crippen molar-refractivity contribution in [2.24, 2.45) is 5.92 Å². The molecule has 0 bridgehead atoms. The first-order valence-electron chi connectivity index (χ1n) is 9.35. The van der Waals surface area contributed by atoms with Gasteiger partial charge in [-0.15, -0.1) is 0 Å². The molecule has 0 N–H and O–H groups in total. The lowest BCUT2D eigenvalue weighted by Gasteiger charge is -2.31. The number of likely N-dealkylation sites (tertiary alicyclic amines) is 1. The van der Waals surface area contributed by atoms with Crippen molar-refractivity contribution in [1.29, 1.82) is 0 Å². The van der Waals surface area contributed by atoms with E-state index in [-0.39, 0.29) is 12.5 Å². The molecule has 0 unspecified atom stereocenters. The lowest BCUT2D eigenvalue weighted by molar-refractivity contribution is -0.136. The quantitative estimate of drug-likeness (QED) is 0.540. The molecule has 7 heteroatoms. The molecule has 2 fully saturated rings. The number of para-hydroxylation sites is 1. The molecule has 0 saturated carbocycles. The number of rotatable bonds is 6. The normalized spacial score (nSPS) is 19.4. The Labute approximate surface area is 169 Å². The summed E-state index contributed by atoms with van der Waals surface area (Å²) in [7, 11) is 0. The molecule has 28 heavy (non-hydrogen) atoms. The van der Waals surface area contributed by atoms with Crippen LogP contribution >= 0.6 is 11.8 Å². The SMILES string of the molecule is C=CCOc1ccccc1/C=C1\SC(=O)N(CC(=O)N2CCC(C)CC2)C1=O. The highest BCUT2D eigenvalue weighted by Gasteiger charge is 2.37. The van der Waals surface area contributed by atoms with Gasteiger partial charge in [0.2, 0.25) is 5.91 Å². The highest BCUT2D eigenvalue weighted by molar-refractivity contribution is 8.18. The van der Waals surface area contributed by atoms with E-state index in [1.54, 1.807) is 23.1 Å². The Balaban J connectivity index is 1.70. The minimum Gasteiger partial charge on any atom is -0.489 e. The van der Waals surface area contributed by atoms with E-state index in [4.69, 9.17) is 4.74 Å². The molecule has 0 atom stereocenters. The van der Waals surface area contributed by atoms with Gasteiger partial charge in [-0.3, -0.25) is 19.3 Å². The first-order chi connectivity index (χ1) is 13.5. The molecule has 0 aliphatic carbocycles. The molecule has 0 aromatic heterocycles. The summed E-state index contributed by atoms with van der Waals surface area (Å²) in [5.41, 5.74) is 0.700. The highest BCUT2D eigenvalue weighted by Crippen LogP contribution is 2.34. The largest absolute Gasteiger partial charge is 0.489 e. The molecule has 2 aliphatic heterocycles. The van der Waals surface area contributed by atoms with Crippen molar-refractivity contribution in [1.82, 2.24) is 9.80 Å². The molecule has 0 radical (unpaired) electrons. The first kappa shape index (κ1) is 20.2. The second kappa shape index (κ2) is 9.10. The van der Waals surface area contributed by atoms with E-state index >= 15 is 0 Å². The maximum atomic E-state index is 12.7. The van der Waals surface area contributed by atoms with Crippen LogP contribution in [0.2, 0.25) is 0 Å². The van der Waals surface area contributed by atoms with Crippen LogP contribution in [-0.2, 0) is 9.59 Å². The van der Waals surface area contributed by atoms with Crippen molar-refractivity contribution < 1.29 is 19.1 Å². The molecular weight excluding hydrogens is 376 g/mol. The number of piperidine rings is 1. The fourth-order valence-corrected chi connectivity index (χ4v) is 3.98. The van der Waals surface area contributed by atoms with Gasteiger partial charge in [0.15, 0.2) is 0 Å². The molecule has 0 spiro atoms. The fourth-order valence-electron chi connectivity index (χ4n) is 3.15. The predicted molar refractivity (Wildman–Crippen MR) is 110 cm³/mol. The maximum absolute atomic E-state index is 12.7. The zero-order valence-corrected chi connectivity index (χ0v) is 16.7. The van der Waals surface area contributed by atoms with Crippen LogP contribution in [0.5, 0.6) is 5.75 Å². The summed E-state index contributed by atoms with van der Waals surface area (Å²) in [4.78, 5) is 40.6. The number of thioether (sulfide) groups is 1. The smallest absolute Gasteiger partial charge is 0.294 e. The van der Waals surface area contributed by atoms with Gasteiger partial charge in [-0.05, 0) is 42.7 Å². The van der Waals surface area contributed by atoms with Gasteiger partial charge in [-0.1, -0.05) is 37.8 Å². The third kappa shape index (κ3) is 4.65. The summed E-state index contributed by atoms with van der Waals surface area (Å²) in [5, 5.41) is -0.417. The number of ether oxygens (including phenoxy) is 1. The van der Waals surface area contributed by atoms with Gasteiger partial charge in [-0.25, -0.2) is 0 Å². The molecule has 2 heterocycles. The molecule has 1 aromatic rings. The second-order valence-electron chi connectivity index (χ2n) is 6.97. The van der Waals surface area contributed by atoms with Crippen molar-refractivity contribution >= 4 is 34.9 Å². The van der Waals surface area contributed by atoms with Crippen LogP contribution in [0.15, 0.2) is 41.8 Å². The minimum absolute atomic E-state index is 0.176. The number of nitrogens with zero attached hydrogens (tertiary/aromatic N) is 2. The Morgan fingerprint density at radius 3 is 2.71 bits per heavy atom. The van der Waals surface area contributed by atoms with Crippen molar-refractivity contribution in [2.75, 3.05) is 26.2 Å². The van der Waals surface area contributed by atoms with Crippen molar-refractivity contribution in [3.8, 4) is 5.75 Å². The molecule has 2 aliphatic rings. The summed E-state index contributed by atoms with van der Waals surface area (Å²) in [6.07, 6.45) is 5.18. The van der Waals surface area contributed by atoms with Gasteiger partial charge in [0.05, 0.1) is 4.91 Å². The number of hydrogen-bond acceptors (Lipinski definition) is 5. The van der Waals surface area contributed by atoms with Crippen LogP contribution in [0.25, 0.3) is 6.08 Å². The summed E-state index contributed by atoms with van der Waals surface area (Å²) < 4.78 is 5.60. The Morgan fingerprint density at radius 2 is 2.00 bits per heavy atom. The first-order valence-corrected chi connectivity index (χ1v) is 10.2. The zero-order chi connectivity index (χ0) is 20.1. The summed E-state index contributed by atoms with van der Waals surface area (Å²) in [6, 6.07) is 7.27. The number of benzene rings is 1. The monoisotopic (exact) mass is 400 g/mol. The zero-order valence-electron chi connectivity index (χ0n) is 15.9. The van der Waals surface area contributed by atoms with Crippen LogP contribution in [0.4, 0.5) is 4.79 Å². The van der Waals surface area contributed by atoms with Gasteiger partial charge in [0.25, 0.3) is 11.1 Å². The number of imide groups is 1. The van der Waals surface area contributed by atoms with E-state index in [0.29, 0.717) is 41.8 Å².